The number of aromatic nitrogens is 1. The first-order chi connectivity index (χ1) is 8.16. The molecule has 0 radical (unpaired) electrons. The molecule has 2 aromatic rings. The number of aliphatic carboxylic acids is 1. The summed E-state index contributed by atoms with van der Waals surface area (Å²) in [5, 5.41) is 11.5. The quantitative estimate of drug-likeness (QED) is 0.522. The van der Waals surface area contributed by atoms with Gasteiger partial charge in [0.25, 0.3) is 0 Å². The minimum atomic E-state index is -1.01. The van der Waals surface area contributed by atoms with Gasteiger partial charge in [-0.25, -0.2) is 0 Å². The standard InChI is InChI=1S/C13H13NO2S.K/c1-9-8-12(17-7-6-13(15)16)10-4-2-3-5-11(10)14-9;/h2-5,8H,6-7H2,1H3,(H,15,16);/q;+1/p-1. The molecule has 0 saturated carbocycles. The van der Waals surface area contributed by atoms with E-state index in [-0.39, 0.29) is 57.8 Å². The molecule has 0 N–H and O–H groups in total. The van der Waals surface area contributed by atoms with Crippen molar-refractivity contribution in [3.63, 3.8) is 0 Å². The van der Waals surface area contributed by atoms with E-state index in [1.807, 2.05) is 37.3 Å². The second-order valence-electron chi connectivity index (χ2n) is 3.75. The Morgan fingerprint density at radius 1 is 1.39 bits per heavy atom. The fourth-order valence-corrected chi connectivity index (χ4v) is 2.70. The van der Waals surface area contributed by atoms with Gasteiger partial charge in [0.05, 0.1) is 5.52 Å². The number of hydrogen-bond donors (Lipinski definition) is 0. The molecule has 88 valence electrons. The molecule has 0 bridgehead atoms. The second kappa shape index (κ2) is 7.62. The Hall–Kier alpha value is 0.0864. The van der Waals surface area contributed by atoms with Gasteiger partial charge in [0, 0.05) is 27.7 Å². The van der Waals surface area contributed by atoms with E-state index < -0.39 is 5.97 Å². The van der Waals surface area contributed by atoms with Crippen molar-refractivity contribution >= 4 is 28.6 Å². The fraction of sp³-hybridized carbons (Fsp3) is 0.231. The van der Waals surface area contributed by atoms with Crippen LogP contribution in [0.15, 0.2) is 35.2 Å². The van der Waals surface area contributed by atoms with Gasteiger partial charge in [-0.3, -0.25) is 4.98 Å². The zero-order chi connectivity index (χ0) is 12.3. The van der Waals surface area contributed by atoms with E-state index in [2.05, 4.69) is 4.98 Å². The molecule has 0 aliphatic heterocycles. The number of carbonyl (C=O) groups excluding carboxylic acids is 1. The van der Waals surface area contributed by atoms with E-state index in [9.17, 15) is 9.90 Å². The van der Waals surface area contributed by atoms with Gasteiger partial charge in [-0.2, -0.15) is 0 Å². The van der Waals surface area contributed by atoms with Crippen LogP contribution in [-0.4, -0.2) is 16.7 Å². The molecule has 1 aromatic carbocycles. The number of benzene rings is 1. The van der Waals surface area contributed by atoms with Gasteiger partial charge in [0.2, 0.25) is 0 Å². The normalized spacial score (nSPS) is 10.1. The Balaban J connectivity index is 0.00000162. The first kappa shape index (κ1) is 16.1. The average molecular weight is 285 g/mol. The molecular formula is C13H12KNO2S. The Labute approximate surface area is 153 Å². The monoisotopic (exact) mass is 285 g/mol. The predicted molar refractivity (Wildman–Crippen MR) is 66.8 cm³/mol. The van der Waals surface area contributed by atoms with Crippen molar-refractivity contribution in [3.05, 3.63) is 36.0 Å². The summed E-state index contributed by atoms with van der Waals surface area (Å²) in [5.41, 5.74) is 1.89. The number of hydrogen-bond acceptors (Lipinski definition) is 4. The van der Waals surface area contributed by atoms with Crippen LogP contribution in [0.5, 0.6) is 0 Å². The summed E-state index contributed by atoms with van der Waals surface area (Å²) in [7, 11) is 0. The first-order valence-electron chi connectivity index (χ1n) is 5.36. The van der Waals surface area contributed by atoms with Crippen LogP contribution in [0.4, 0.5) is 0 Å². The van der Waals surface area contributed by atoms with Gasteiger partial charge in [-0.1, -0.05) is 18.2 Å². The molecule has 0 saturated heterocycles. The molecule has 1 aromatic heterocycles. The SMILES string of the molecule is Cc1cc(SCCC(=O)[O-])c2ccccc2n1.[K+]. The summed E-state index contributed by atoms with van der Waals surface area (Å²) in [6.45, 7) is 1.94. The van der Waals surface area contributed by atoms with Gasteiger partial charge < -0.3 is 9.90 Å². The summed E-state index contributed by atoms with van der Waals surface area (Å²) in [6.07, 6.45) is 0.0698. The van der Waals surface area contributed by atoms with Crippen molar-refractivity contribution < 1.29 is 61.3 Å². The number of aryl methyl sites for hydroxylation is 1. The minimum Gasteiger partial charge on any atom is -0.550 e. The zero-order valence-corrected chi connectivity index (χ0v) is 14.4. The van der Waals surface area contributed by atoms with Crippen LogP contribution in [-0.2, 0) is 4.79 Å². The van der Waals surface area contributed by atoms with E-state index in [0.717, 1.165) is 21.5 Å². The minimum absolute atomic E-state index is 0. The van der Waals surface area contributed by atoms with Crippen molar-refractivity contribution in [2.24, 2.45) is 0 Å². The Morgan fingerprint density at radius 3 is 2.83 bits per heavy atom. The maximum atomic E-state index is 10.4. The van der Waals surface area contributed by atoms with Crippen LogP contribution in [0.2, 0.25) is 0 Å². The Morgan fingerprint density at radius 2 is 2.11 bits per heavy atom. The number of carboxylic acids is 1. The van der Waals surface area contributed by atoms with Crippen molar-refractivity contribution in [1.29, 1.82) is 0 Å². The maximum absolute atomic E-state index is 10.4. The van der Waals surface area contributed by atoms with E-state index in [1.54, 1.807) is 0 Å². The number of nitrogens with zero attached hydrogens (tertiary/aromatic N) is 1. The number of fused-ring (bicyclic) bond motifs is 1. The van der Waals surface area contributed by atoms with Crippen LogP contribution in [0.1, 0.15) is 12.1 Å². The average Bonchev–Trinajstić information content (AvgIpc) is 2.28. The van der Waals surface area contributed by atoms with E-state index in [1.165, 1.54) is 11.8 Å². The van der Waals surface area contributed by atoms with Crippen molar-refractivity contribution in [1.82, 2.24) is 4.98 Å². The number of para-hydroxylation sites is 1. The first-order valence-corrected chi connectivity index (χ1v) is 6.34. The van der Waals surface area contributed by atoms with Crippen LogP contribution in [0, 0.1) is 6.92 Å². The third-order valence-electron chi connectivity index (χ3n) is 2.37. The Bertz CT molecular complexity index is 560. The smallest absolute Gasteiger partial charge is 0.550 e. The summed E-state index contributed by atoms with van der Waals surface area (Å²) < 4.78 is 0. The molecule has 0 unspecified atom stereocenters. The van der Waals surface area contributed by atoms with Crippen LogP contribution in [0.25, 0.3) is 10.9 Å². The van der Waals surface area contributed by atoms with Crippen LogP contribution in [0.3, 0.4) is 0 Å². The molecule has 0 aliphatic carbocycles. The topological polar surface area (TPSA) is 53.0 Å². The molecule has 0 aliphatic rings. The van der Waals surface area contributed by atoms with Gasteiger partial charge in [0.1, 0.15) is 0 Å². The maximum Gasteiger partial charge on any atom is 1.00 e. The molecule has 0 atom stereocenters. The molecule has 0 fully saturated rings. The number of carbonyl (C=O) groups is 1. The van der Waals surface area contributed by atoms with Crippen molar-refractivity contribution in [3.8, 4) is 0 Å². The summed E-state index contributed by atoms with van der Waals surface area (Å²) in [6, 6.07) is 9.86. The molecule has 0 spiro atoms. The number of pyridine rings is 1. The van der Waals surface area contributed by atoms with Crippen LogP contribution < -0.4 is 56.5 Å². The molecular weight excluding hydrogens is 273 g/mol. The van der Waals surface area contributed by atoms with Crippen molar-refractivity contribution in [2.75, 3.05) is 5.75 Å². The summed E-state index contributed by atoms with van der Waals surface area (Å²) in [5.74, 6) is -0.483. The van der Waals surface area contributed by atoms with Crippen LogP contribution >= 0.6 is 11.8 Å². The van der Waals surface area contributed by atoms with E-state index in [0.29, 0.717) is 5.75 Å². The number of thioether (sulfide) groups is 1. The molecule has 1 heterocycles. The molecule has 2 rings (SSSR count). The number of rotatable bonds is 4. The third kappa shape index (κ3) is 4.33. The largest absolute Gasteiger partial charge is 1.00 e. The van der Waals surface area contributed by atoms with E-state index >= 15 is 0 Å². The van der Waals surface area contributed by atoms with Gasteiger partial charge in [0.15, 0.2) is 0 Å². The Kier molecular flexibility index (Phi) is 6.83. The second-order valence-corrected chi connectivity index (χ2v) is 4.89. The summed E-state index contributed by atoms with van der Waals surface area (Å²) in [4.78, 5) is 15.9. The molecule has 18 heavy (non-hydrogen) atoms. The number of carboxylic acid groups (broad SMARTS) is 1. The van der Waals surface area contributed by atoms with E-state index in [4.69, 9.17) is 0 Å². The van der Waals surface area contributed by atoms with Gasteiger partial charge in [-0.15, -0.1) is 11.8 Å². The van der Waals surface area contributed by atoms with Gasteiger partial charge in [-0.05, 0) is 25.5 Å². The fourth-order valence-electron chi connectivity index (χ4n) is 1.63. The zero-order valence-electron chi connectivity index (χ0n) is 10.5. The molecule has 5 heteroatoms. The van der Waals surface area contributed by atoms with Gasteiger partial charge >= 0.3 is 51.4 Å². The summed E-state index contributed by atoms with van der Waals surface area (Å²) >= 11 is 1.53. The van der Waals surface area contributed by atoms with Crippen molar-refractivity contribution in [2.45, 2.75) is 18.2 Å². The molecule has 3 nitrogen and oxygen atoms in total. The molecule has 0 amide bonds. The predicted octanol–water partition coefficient (Wildman–Crippen LogP) is -1.22. The third-order valence-corrected chi connectivity index (χ3v) is 3.43.